The molecule has 2 nitrogen and oxygen atoms in total. The van der Waals surface area contributed by atoms with E-state index < -0.39 is 0 Å². The van der Waals surface area contributed by atoms with Gasteiger partial charge in [0.1, 0.15) is 0 Å². The van der Waals surface area contributed by atoms with E-state index in [0.717, 1.165) is 22.6 Å². The van der Waals surface area contributed by atoms with Gasteiger partial charge in [0.25, 0.3) is 0 Å². The number of hydrogen-bond donors (Lipinski definition) is 0. The maximum Gasteiger partial charge on any atom is 0.0893 e. The number of benzene rings is 3. The molecule has 0 atom stereocenters. The fourth-order valence-electron chi connectivity index (χ4n) is 3.43. The van der Waals surface area contributed by atoms with Crippen LogP contribution in [0.5, 0.6) is 0 Å². The number of pyridine rings is 2. The Bertz CT molecular complexity index is 1230. The maximum atomic E-state index is 4.88. The third-order valence-electron chi connectivity index (χ3n) is 4.70. The van der Waals surface area contributed by atoms with Gasteiger partial charge in [0.05, 0.1) is 17.1 Å². The number of fused-ring (bicyclic) bond motifs is 2. The van der Waals surface area contributed by atoms with Gasteiger partial charge in [0, 0.05) is 11.8 Å². The molecule has 0 N–H and O–H groups in total. The van der Waals surface area contributed by atoms with Gasteiger partial charge in [-0.2, -0.15) is 0 Å². The minimum atomic E-state index is 0.889. The van der Waals surface area contributed by atoms with Crippen molar-refractivity contribution in [3.63, 3.8) is 0 Å². The molecular formula is C24H16N2. The first-order chi connectivity index (χ1) is 12.9. The fourth-order valence-corrected chi connectivity index (χ4v) is 3.43. The largest absolute Gasteiger partial charge is 0.255 e. The van der Waals surface area contributed by atoms with Gasteiger partial charge in [-0.05, 0) is 57.9 Å². The van der Waals surface area contributed by atoms with Crippen LogP contribution in [0.15, 0.2) is 97.2 Å². The van der Waals surface area contributed by atoms with Crippen molar-refractivity contribution >= 4 is 21.5 Å². The Hall–Kier alpha value is -3.52. The number of aromatic nitrogens is 2. The molecule has 0 aliphatic heterocycles. The Morgan fingerprint density at radius 2 is 1.19 bits per heavy atom. The van der Waals surface area contributed by atoms with Crippen molar-refractivity contribution in [2.24, 2.45) is 0 Å². The zero-order chi connectivity index (χ0) is 17.3. The van der Waals surface area contributed by atoms with Crippen molar-refractivity contribution in [1.29, 1.82) is 0 Å². The lowest BCUT2D eigenvalue weighted by atomic mass is 9.98. The summed E-state index contributed by atoms with van der Waals surface area (Å²) in [4.78, 5) is 9.31. The van der Waals surface area contributed by atoms with Crippen LogP contribution in [0.4, 0.5) is 0 Å². The molecule has 0 aliphatic carbocycles. The summed E-state index contributed by atoms with van der Waals surface area (Å²) < 4.78 is 0. The molecule has 5 aromatic rings. The van der Waals surface area contributed by atoms with Gasteiger partial charge in [0.2, 0.25) is 0 Å². The first kappa shape index (κ1) is 14.8. The summed E-state index contributed by atoms with van der Waals surface area (Å²) in [6, 6.07) is 31.4. The van der Waals surface area contributed by atoms with Gasteiger partial charge < -0.3 is 0 Å². The molecule has 0 fully saturated rings. The van der Waals surface area contributed by atoms with E-state index in [1.807, 2.05) is 30.3 Å². The number of nitrogens with zero attached hydrogens (tertiary/aromatic N) is 2. The Labute approximate surface area is 151 Å². The average Bonchev–Trinajstić information content (AvgIpc) is 2.72. The molecule has 0 spiro atoms. The SMILES string of the molecule is c1ccc(-c2cccc(-c3cccc4cc5ccccc5cc34)n2)nc1. The fraction of sp³-hybridized carbons (Fsp3) is 0. The van der Waals surface area contributed by atoms with Gasteiger partial charge in [-0.25, -0.2) is 4.98 Å². The maximum absolute atomic E-state index is 4.88. The molecule has 2 aromatic heterocycles. The minimum Gasteiger partial charge on any atom is -0.255 e. The molecule has 2 heteroatoms. The van der Waals surface area contributed by atoms with Crippen LogP contribution in [0.25, 0.3) is 44.2 Å². The standard InChI is InChI=1S/C24H16N2/c1-2-8-18-16-21-19(15-17(18)7-1)9-5-10-20(21)22-12-6-13-24(26-22)23-11-3-4-14-25-23/h1-16H. The first-order valence-electron chi connectivity index (χ1n) is 8.69. The molecule has 5 rings (SSSR count). The van der Waals surface area contributed by atoms with Gasteiger partial charge >= 0.3 is 0 Å². The third kappa shape index (κ3) is 2.52. The van der Waals surface area contributed by atoms with Crippen molar-refractivity contribution in [2.45, 2.75) is 0 Å². The summed E-state index contributed by atoms with van der Waals surface area (Å²) in [5.41, 5.74) is 3.89. The zero-order valence-electron chi connectivity index (χ0n) is 14.1. The summed E-state index contributed by atoms with van der Waals surface area (Å²) in [5.74, 6) is 0. The lowest BCUT2D eigenvalue weighted by molar-refractivity contribution is 1.25. The van der Waals surface area contributed by atoms with E-state index in [2.05, 4.69) is 65.6 Å². The quantitative estimate of drug-likeness (QED) is 0.364. The third-order valence-corrected chi connectivity index (χ3v) is 4.70. The van der Waals surface area contributed by atoms with E-state index in [9.17, 15) is 0 Å². The summed E-state index contributed by atoms with van der Waals surface area (Å²) in [6.45, 7) is 0. The first-order valence-corrected chi connectivity index (χ1v) is 8.69. The normalized spacial score (nSPS) is 11.1. The smallest absolute Gasteiger partial charge is 0.0893 e. The minimum absolute atomic E-state index is 0.889. The Balaban J connectivity index is 1.73. The molecule has 3 aromatic carbocycles. The summed E-state index contributed by atoms with van der Waals surface area (Å²) in [5, 5.41) is 4.95. The Morgan fingerprint density at radius 1 is 0.500 bits per heavy atom. The summed E-state index contributed by atoms with van der Waals surface area (Å²) >= 11 is 0. The van der Waals surface area contributed by atoms with E-state index in [0.29, 0.717) is 0 Å². The zero-order valence-corrected chi connectivity index (χ0v) is 14.1. The molecule has 0 saturated carbocycles. The van der Waals surface area contributed by atoms with Gasteiger partial charge in [-0.3, -0.25) is 4.98 Å². The van der Waals surface area contributed by atoms with Crippen molar-refractivity contribution in [3.05, 3.63) is 97.2 Å². The highest BCUT2D eigenvalue weighted by atomic mass is 14.8. The Kier molecular flexibility index (Phi) is 3.46. The summed E-state index contributed by atoms with van der Waals surface area (Å²) in [6.07, 6.45) is 1.80. The second-order valence-corrected chi connectivity index (χ2v) is 6.35. The second kappa shape index (κ2) is 6.08. The van der Waals surface area contributed by atoms with Crippen LogP contribution in [0.2, 0.25) is 0 Å². The van der Waals surface area contributed by atoms with E-state index in [4.69, 9.17) is 4.98 Å². The molecule has 0 saturated heterocycles. The topological polar surface area (TPSA) is 25.8 Å². The second-order valence-electron chi connectivity index (χ2n) is 6.35. The van der Waals surface area contributed by atoms with Crippen LogP contribution in [-0.4, -0.2) is 9.97 Å². The Morgan fingerprint density at radius 3 is 2.04 bits per heavy atom. The van der Waals surface area contributed by atoms with Crippen LogP contribution < -0.4 is 0 Å². The van der Waals surface area contributed by atoms with Crippen molar-refractivity contribution in [3.8, 4) is 22.6 Å². The lowest BCUT2D eigenvalue weighted by Gasteiger charge is -2.09. The molecule has 0 bridgehead atoms. The predicted molar refractivity (Wildman–Crippen MR) is 108 cm³/mol. The van der Waals surface area contributed by atoms with Crippen LogP contribution in [0.3, 0.4) is 0 Å². The van der Waals surface area contributed by atoms with E-state index in [1.54, 1.807) is 6.20 Å². The van der Waals surface area contributed by atoms with Gasteiger partial charge in [-0.15, -0.1) is 0 Å². The molecule has 0 radical (unpaired) electrons. The number of hydrogen-bond acceptors (Lipinski definition) is 2. The highest BCUT2D eigenvalue weighted by molar-refractivity contribution is 6.04. The predicted octanol–water partition coefficient (Wildman–Crippen LogP) is 6.12. The van der Waals surface area contributed by atoms with Crippen LogP contribution in [-0.2, 0) is 0 Å². The molecule has 0 unspecified atom stereocenters. The molecule has 26 heavy (non-hydrogen) atoms. The van der Waals surface area contributed by atoms with Gasteiger partial charge in [0.15, 0.2) is 0 Å². The number of rotatable bonds is 2. The van der Waals surface area contributed by atoms with E-state index in [1.165, 1.54) is 21.5 Å². The van der Waals surface area contributed by atoms with E-state index >= 15 is 0 Å². The monoisotopic (exact) mass is 332 g/mol. The molecular weight excluding hydrogens is 316 g/mol. The molecule has 2 heterocycles. The van der Waals surface area contributed by atoms with Crippen LogP contribution in [0.1, 0.15) is 0 Å². The highest BCUT2D eigenvalue weighted by Crippen LogP contribution is 2.31. The van der Waals surface area contributed by atoms with Crippen LogP contribution >= 0.6 is 0 Å². The molecule has 0 amide bonds. The molecule has 122 valence electrons. The average molecular weight is 332 g/mol. The van der Waals surface area contributed by atoms with Crippen molar-refractivity contribution < 1.29 is 0 Å². The van der Waals surface area contributed by atoms with Gasteiger partial charge in [-0.1, -0.05) is 54.6 Å². The van der Waals surface area contributed by atoms with E-state index in [-0.39, 0.29) is 0 Å². The van der Waals surface area contributed by atoms with Crippen LogP contribution in [0, 0.1) is 0 Å². The van der Waals surface area contributed by atoms with Crippen molar-refractivity contribution in [2.75, 3.05) is 0 Å². The highest BCUT2D eigenvalue weighted by Gasteiger charge is 2.08. The summed E-state index contributed by atoms with van der Waals surface area (Å²) in [7, 11) is 0. The van der Waals surface area contributed by atoms with Crippen molar-refractivity contribution in [1.82, 2.24) is 9.97 Å². The molecule has 0 aliphatic rings. The lowest BCUT2D eigenvalue weighted by Crippen LogP contribution is -1.90.